The molecule has 1 fully saturated rings. The van der Waals surface area contributed by atoms with Gasteiger partial charge >= 0.3 is 0 Å². The quantitative estimate of drug-likeness (QED) is 0.807. The Kier molecular flexibility index (Phi) is 6.36. The maximum atomic E-state index is 12.0. The molecule has 25 heavy (non-hydrogen) atoms. The third kappa shape index (κ3) is 5.85. The molecule has 3 rings (SSSR count). The van der Waals surface area contributed by atoms with Gasteiger partial charge in [0.1, 0.15) is 5.82 Å². The second-order valence-corrected chi connectivity index (χ2v) is 6.02. The summed E-state index contributed by atoms with van der Waals surface area (Å²) in [5.74, 6) is 0.506. The lowest BCUT2D eigenvalue weighted by Crippen LogP contribution is -2.39. The summed E-state index contributed by atoms with van der Waals surface area (Å²) in [7, 11) is 0. The highest BCUT2D eigenvalue weighted by Crippen LogP contribution is 2.10. The Labute approximate surface area is 148 Å². The molecule has 2 heterocycles. The van der Waals surface area contributed by atoms with E-state index in [9.17, 15) is 4.79 Å². The van der Waals surface area contributed by atoms with E-state index in [-0.39, 0.29) is 5.91 Å². The van der Waals surface area contributed by atoms with Gasteiger partial charge < -0.3 is 15.4 Å². The van der Waals surface area contributed by atoms with Crippen molar-refractivity contribution < 1.29 is 9.53 Å². The van der Waals surface area contributed by atoms with Gasteiger partial charge in [0.2, 0.25) is 5.91 Å². The number of hydrogen-bond acceptors (Lipinski definition) is 5. The van der Waals surface area contributed by atoms with Crippen LogP contribution in [0, 0.1) is 0 Å². The van der Waals surface area contributed by atoms with Crippen molar-refractivity contribution in [1.29, 1.82) is 0 Å². The maximum absolute atomic E-state index is 12.0. The van der Waals surface area contributed by atoms with Crippen molar-refractivity contribution in [2.75, 3.05) is 50.0 Å². The molecule has 0 radical (unpaired) electrons. The van der Waals surface area contributed by atoms with E-state index in [1.165, 1.54) is 0 Å². The first-order valence-corrected chi connectivity index (χ1v) is 8.63. The van der Waals surface area contributed by atoms with Gasteiger partial charge in [-0.05, 0) is 17.7 Å². The van der Waals surface area contributed by atoms with Crippen LogP contribution in [0.4, 0.5) is 11.5 Å². The highest BCUT2D eigenvalue weighted by molar-refractivity contribution is 5.91. The third-order valence-electron chi connectivity index (χ3n) is 4.10. The lowest BCUT2D eigenvalue weighted by atomic mass is 10.1. The summed E-state index contributed by atoms with van der Waals surface area (Å²) >= 11 is 0. The minimum absolute atomic E-state index is 0.0632. The van der Waals surface area contributed by atoms with Crippen LogP contribution in [-0.2, 0) is 16.0 Å². The summed E-state index contributed by atoms with van der Waals surface area (Å²) in [4.78, 5) is 18.7. The lowest BCUT2D eigenvalue weighted by Gasteiger charge is -2.26. The van der Waals surface area contributed by atoms with Crippen molar-refractivity contribution >= 4 is 17.4 Å². The largest absolute Gasteiger partial charge is 0.383 e. The van der Waals surface area contributed by atoms with E-state index in [1.54, 1.807) is 6.20 Å². The number of pyridine rings is 1. The molecule has 1 amide bonds. The molecule has 0 unspecified atom stereocenters. The number of carbonyl (C=O) groups excluding carboxylic acids is 1. The third-order valence-corrected chi connectivity index (χ3v) is 4.10. The minimum Gasteiger partial charge on any atom is -0.383 e. The molecule has 1 aromatic heterocycles. The lowest BCUT2D eigenvalue weighted by molar-refractivity contribution is -0.115. The van der Waals surface area contributed by atoms with E-state index < -0.39 is 0 Å². The zero-order valence-corrected chi connectivity index (χ0v) is 14.3. The molecule has 1 saturated heterocycles. The van der Waals surface area contributed by atoms with Gasteiger partial charge in [-0.3, -0.25) is 9.69 Å². The van der Waals surface area contributed by atoms with Crippen molar-refractivity contribution in [3.8, 4) is 0 Å². The Hall–Kier alpha value is -2.44. The van der Waals surface area contributed by atoms with E-state index in [1.807, 2.05) is 42.5 Å². The molecule has 2 aromatic rings. The van der Waals surface area contributed by atoms with E-state index in [4.69, 9.17) is 4.74 Å². The highest BCUT2D eigenvalue weighted by atomic mass is 16.5. The van der Waals surface area contributed by atoms with Crippen molar-refractivity contribution in [2.45, 2.75) is 6.42 Å². The number of nitrogens with zero attached hydrogens (tertiary/aromatic N) is 2. The average molecular weight is 340 g/mol. The number of ether oxygens (including phenoxy) is 1. The Bertz CT molecular complexity index is 655. The van der Waals surface area contributed by atoms with Gasteiger partial charge in [-0.15, -0.1) is 0 Å². The smallest absolute Gasteiger partial charge is 0.229 e. The van der Waals surface area contributed by atoms with Gasteiger partial charge in [0.25, 0.3) is 0 Å². The Morgan fingerprint density at radius 1 is 1.12 bits per heavy atom. The van der Waals surface area contributed by atoms with Crippen LogP contribution in [0.2, 0.25) is 0 Å². The number of carbonyl (C=O) groups is 1. The predicted molar refractivity (Wildman–Crippen MR) is 98.8 cm³/mol. The molecule has 0 spiro atoms. The maximum Gasteiger partial charge on any atom is 0.229 e. The van der Waals surface area contributed by atoms with Gasteiger partial charge in [-0.2, -0.15) is 0 Å². The summed E-state index contributed by atoms with van der Waals surface area (Å²) in [6.45, 7) is 5.47. The topological polar surface area (TPSA) is 66.5 Å². The summed E-state index contributed by atoms with van der Waals surface area (Å²) < 4.78 is 5.34. The average Bonchev–Trinajstić information content (AvgIpc) is 2.65. The molecular formula is C19H24N4O2. The van der Waals surface area contributed by atoms with Crippen molar-refractivity contribution in [2.24, 2.45) is 0 Å². The van der Waals surface area contributed by atoms with Crippen molar-refractivity contribution in [3.05, 3.63) is 54.2 Å². The number of anilines is 2. The number of hydrogen-bond donors (Lipinski definition) is 2. The zero-order valence-electron chi connectivity index (χ0n) is 14.3. The summed E-state index contributed by atoms with van der Waals surface area (Å²) in [6.07, 6.45) is 2.10. The highest BCUT2D eigenvalue weighted by Gasteiger charge is 2.09. The molecule has 0 bridgehead atoms. The van der Waals surface area contributed by atoms with Gasteiger partial charge in [0, 0.05) is 26.2 Å². The molecule has 1 aromatic carbocycles. The molecule has 0 atom stereocenters. The first kappa shape index (κ1) is 17.4. The number of amides is 1. The van der Waals surface area contributed by atoms with Crippen molar-refractivity contribution in [1.82, 2.24) is 9.88 Å². The Balaban J connectivity index is 1.41. The molecule has 1 aliphatic heterocycles. The van der Waals surface area contributed by atoms with Crippen LogP contribution in [0.15, 0.2) is 48.7 Å². The van der Waals surface area contributed by atoms with Crippen LogP contribution in [0.3, 0.4) is 0 Å². The first-order valence-electron chi connectivity index (χ1n) is 8.63. The molecule has 6 heteroatoms. The number of rotatable bonds is 7. The zero-order chi connectivity index (χ0) is 17.3. The molecule has 1 aliphatic rings. The van der Waals surface area contributed by atoms with Crippen LogP contribution in [0.1, 0.15) is 5.56 Å². The summed E-state index contributed by atoms with van der Waals surface area (Å²) in [5, 5.41) is 6.18. The molecule has 0 aliphatic carbocycles. The van der Waals surface area contributed by atoms with Gasteiger partial charge in [0.15, 0.2) is 0 Å². The fraction of sp³-hybridized carbons (Fsp3) is 0.368. The number of benzene rings is 1. The number of nitrogens with one attached hydrogen (secondary N) is 2. The molecule has 132 valence electrons. The first-order chi connectivity index (χ1) is 12.3. The van der Waals surface area contributed by atoms with Gasteiger partial charge in [0.05, 0.1) is 31.5 Å². The van der Waals surface area contributed by atoms with Crippen LogP contribution >= 0.6 is 0 Å². The minimum atomic E-state index is -0.0632. The van der Waals surface area contributed by atoms with Crippen LogP contribution in [0.5, 0.6) is 0 Å². The fourth-order valence-electron chi connectivity index (χ4n) is 2.72. The SMILES string of the molecule is O=C(Cc1ccccc1)Nc1ccc(NCCN2CCOCC2)cn1. The predicted octanol–water partition coefficient (Wildman–Crippen LogP) is 2.01. The molecule has 0 saturated carbocycles. The molecule has 2 N–H and O–H groups in total. The van der Waals surface area contributed by atoms with Crippen molar-refractivity contribution in [3.63, 3.8) is 0 Å². The van der Waals surface area contributed by atoms with E-state index in [2.05, 4.69) is 20.5 Å². The molecule has 6 nitrogen and oxygen atoms in total. The van der Waals surface area contributed by atoms with Crippen LogP contribution in [0.25, 0.3) is 0 Å². The fourth-order valence-corrected chi connectivity index (χ4v) is 2.72. The van der Waals surface area contributed by atoms with E-state index >= 15 is 0 Å². The second kappa shape index (κ2) is 9.15. The summed E-state index contributed by atoms with van der Waals surface area (Å²) in [6, 6.07) is 13.4. The standard InChI is InChI=1S/C19H24N4O2/c24-19(14-16-4-2-1-3-5-16)22-18-7-6-17(15-21-18)20-8-9-23-10-12-25-13-11-23/h1-7,15,20H,8-14H2,(H,21,22,24). The summed E-state index contributed by atoms with van der Waals surface area (Å²) in [5.41, 5.74) is 1.94. The van der Waals surface area contributed by atoms with Gasteiger partial charge in [-0.1, -0.05) is 30.3 Å². The number of morpholine rings is 1. The van der Waals surface area contributed by atoms with Gasteiger partial charge in [-0.25, -0.2) is 4.98 Å². The number of aromatic nitrogens is 1. The Morgan fingerprint density at radius 2 is 1.92 bits per heavy atom. The Morgan fingerprint density at radius 3 is 2.64 bits per heavy atom. The second-order valence-electron chi connectivity index (χ2n) is 6.02. The van der Waals surface area contributed by atoms with E-state index in [0.717, 1.165) is 50.6 Å². The monoisotopic (exact) mass is 340 g/mol. The molecular weight excluding hydrogens is 316 g/mol. The normalized spacial score (nSPS) is 14.9. The van der Waals surface area contributed by atoms with Crippen LogP contribution in [-0.4, -0.2) is 55.2 Å². The van der Waals surface area contributed by atoms with Crippen LogP contribution < -0.4 is 10.6 Å². The van der Waals surface area contributed by atoms with E-state index in [0.29, 0.717) is 12.2 Å².